The van der Waals surface area contributed by atoms with Gasteiger partial charge in [0.05, 0.1) is 11.9 Å². The van der Waals surface area contributed by atoms with Gasteiger partial charge in [-0.25, -0.2) is 5.84 Å². The summed E-state index contributed by atoms with van der Waals surface area (Å²) in [6, 6.07) is 14.9. The van der Waals surface area contributed by atoms with Crippen LogP contribution < -0.4 is 16.4 Å². The van der Waals surface area contributed by atoms with Gasteiger partial charge < -0.3 is 4.57 Å². The maximum atomic E-state index is 12.8. The molecule has 0 spiro atoms. The second kappa shape index (κ2) is 6.91. The van der Waals surface area contributed by atoms with Crippen LogP contribution in [0, 0.1) is 12.1 Å². The molecular formula is C20H20N3O2. The van der Waals surface area contributed by atoms with E-state index in [0.29, 0.717) is 29.9 Å². The summed E-state index contributed by atoms with van der Waals surface area (Å²) >= 11 is 0. The first-order valence-electron chi connectivity index (χ1n) is 8.15. The van der Waals surface area contributed by atoms with E-state index in [-0.39, 0.29) is 5.56 Å². The topological polar surface area (TPSA) is 68.3 Å². The van der Waals surface area contributed by atoms with E-state index in [1.165, 1.54) is 0 Å². The van der Waals surface area contributed by atoms with Crippen molar-refractivity contribution >= 4 is 22.9 Å². The number of anilines is 1. The summed E-state index contributed by atoms with van der Waals surface area (Å²) in [5.74, 6) is 6.00. The predicted octanol–water partition coefficient (Wildman–Crippen LogP) is 2.96. The fourth-order valence-corrected chi connectivity index (χ4v) is 2.86. The molecule has 2 N–H and O–H groups in total. The maximum absolute atomic E-state index is 12.8. The Labute approximate surface area is 146 Å². The molecule has 0 bridgehead atoms. The van der Waals surface area contributed by atoms with Crippen molar-refractivity contribution in [3.8, 4) is 11.1 Å². The Balaban J connectivity index is 2.33. The van der Waals surface area contributed by atoms with Gasteiger partial charge in [-0.2, -0.15) is 0 Å². The van der Waals surface area contributed by atoms with E-state index in [4.69, 9.17) is 5.84 Å². The van der Waals surface area contributed by atoms with Gasteiger partial charge in [-0.05, 0) is 35.1 Å². The SMILES string of the molecule is CC(C)Cn1[c]c(-c2ccccc2)c2cc(N(N)C=O)ccc2c1=O. The van der Waals surface area contributed by atoms with E-state index in [0.717, 1.165) is 21.5 Å². The van der Waals surface area contributed by atoms with Gasteiger partial charge in [0.25, 0.3) is 5.56 Å². The first-order chi connectivity index (χ1) is 12.0. The lowest BCUT2D eigenvalue weighted by atomic mass is 9.99. The molecule has 0 aliphatic carbocycles. The number of carbonyl (C=O) groups excluding carboxylic acids is 1. The zero-order valence-corrected chi connectivity index (χ0v) is 14.3. The molecule has 25 heavy (non-hydrogen) atoms. The minimum Gasteiger partial charge on any atom is -0.305 e. The third kappa shape index (κ3) is 3.32. The van der Waals surface area contributed by atoms with Crippen molar-refractivity contribution in [3.05, 3.63) is 65.1 Å². The van der Waals surface area contributed by atoms with Crippen LogP contribution in [-0.2, 0) is 11.3 Å². The monoisotopic (exact) mass is 334 g/mol. The van der Waals surface area contributed by atoms with Gasteiger partial charge in [0.15, 0.2) is 0 Å². The molecule has 127 valence electrons. The minimum absolute atomic E-state index is 0.0930. The average Bonchev–Trinajstić information content (AvgIpc) is 2.63. The summed E-state index contributed by atoms with van der Waals surface area (Å²) < 4.78 is 1.63. The number of pyridine rings is 1. The highest BCUT2D eigenvalue weighted by Gasteiger charge is 2.13. The number of nitrogens with zero attached hydrogens (tertiary/aromatic N) is 2. The van der Waals surface area contributed by atoms with E-state index in [9.17, 15) is 9.59 Å². The highest BCUT2D eigenvalue weighted by molar-refractivity contribution is 5.98. The molecule has 3 aromatic rings. The van der Waals surface area contributed by atoms with Crippen LogP contribution in [0.1, 0.15) is 13.8 Å². The molecule has 0 saturated heterocycles. The van der Waals surface area contributed by atoms with E-state index >= 15 is 0 Å². The molecule has 5 heteroatoms. The number of amides is 1. The third-order valence-corrected chi connectivity index (χ3v) is 4.02. The number of carbonyl (C=O) groups is 1. The summed E-state index contributed by atoms with van der Waals surface area (Å²) in [6.07, 6.45) is 3.78. The van der Waals surface area contributed by atoms with Crippen molar-refractivity contribution in [2.24, 2.45) is 11.8 Å². The zero-order chi connectivity index (χ0) is 18.0. The standard InChI is InChI=1S/C20H20N3O2/c1-14(2)11-22-12-19(15-6-4-3-5-7-15)18-10-16(23(21)13-24)8-9-17(18)20(22)25/h3-10,13-14H,11,21H2,1-2H3. The first-order valence-corrected chi connectivity index (χ1v) is 8.15. The van der Waals surface area contributed by atoms with Crippen molar-refractivity contribution in [1.29, 1.82) is 0 Å². The normalized spacial score (nSPS) is 11.0. The van der Waals surface area contributed by atoms with Gasteiger partial charge in [-0.15, -0.1) is 0 Å². The largest absolute Gasteiger partial charge is 0.305 e. The highest BCUT2D eigenvalue weighted by Crippen LogP contribution is 2.29. The van der Waals surface area contributed by atoms with Crippen molar-refractivity contribution in [3.63, 3.8) is 0 Å². The summed E-state index contributed by atoms with van der Waals surface area (Å²) in [5.41, 5.74) is 2.20. The van der Waals surface area contributed by atoms with E-state index in [1.807, 2.05) is 30.3 Å². The average molecular weight is 334 g/mol. The molecule has 0 aliphatic rings. The summed E-state index contributed by atoms with van der Waals surface area (Å²) in [5, 5.41) is 2.31. The third-order valence-electron chi connectivity index (χ3n) is 4.02. The van der Waals surface area contributed by atoms with Crippen LogP contribution in [0.5, 0.6) is 0 Å². The fraction of sp³-hybridized carbons (Fsp3) is 0.200. The molecule has 2 aromatic carbocycles. The van der Waals surface area contributed by atoms with Gasteiger partial charge in [0.1, 0.15) is 0 Å². The van der Waals surface area contributed by atoms with Gasteiger partial charge >= 0.3 is 0 Å². The molecule has 1 amide bonds. The second-order valence-corrected chi connectivity index (χ2v) is 6.40. The molecule has 1 heterocycles. The number of fused-ring (bicyclic) bond motifs is 1. The minimum atomic E-state index is -0.0930. The molecule has 0 unspecified atom stereocenters. The van der Waals surface area contributed by atoms with Crippen molar-refractivity contribution < 1.29 is 4.79 Å². The lowest BCUT2D eigenvalue weighted by Crippen LogP contribution is -2.29. The number of hydrogen-bond donors (Lipinski definition) is 1. The van der Waals surface area contributed by atoms with Crippen LogP contribution in [0.2, 0.25) is 0 Å². The lowest BCUT2D eigenvalue weighted by Gasteiger charge is -2.16. The van der Waals surface area contributed by atoms with Crippen LogP contribution in [0.15, 0.2) is 53.3 Å². The molecule has 5 nitrogen and oxygen atoms in total. The molecule has 0 aliphatic heterocycles. The first kappa shape index (κ1) is 16.9. The number of hydrazine groups is 1. The van der Waals surface area contributed by atoms with Crippen LogP contribution in [0.25, 0.3) is 21.9 Å². The Bertz CT molecular complexity index is 962. The Morgan fingerprint density at radius 2 is 1.88 bits per heavy atom. The van der Waals surface area contributed by atoms with E-state index in [2.05, 4.69) is 20.0 Å². The number of aromatic nitrogens is 1. The van der Waals surface area contributed by atoms with E-state index in [1.54, 1.807) is 22.8 Å². The van der Waals surface area contributed by atoms with Crippen LogP contribution in [0.4, 0.5) is 5.69 Å². The van der Waals surface area contributed by atoms with Crippen molar-refractivity contribution in [2.45, 2.75) is 20.4 Å². The van der Waals surface area contributed by atoms with Crippen LogP contribution in [-0.4, -0.2) is 11.0 Å². The number of benzene rings is 2. The quantitative estimate of drug-likeness (QED) is 0.337. The molecular weight excluding hydrogens is 314 g/mol. The predicted molar refractivity (Wildman–Crippen MR) is 100 cm³/mol. The van der Waals surface area contributed by atoms with Gasteiger partial charge in [0, 0.05) is 17.5 Å². The van der Waals surface area contributed by atoms with Gasteiger partial charge in [-0.3, -0.25) is 14.6 Å². The molecule has 1 aromatic heterocycles. The summed E-state index contributed by atoms with van der Waals surface area (Å²) in [6.45, 7) is 4.71. The smallest absolute Gasteiger partial charge is 0.258 e. The molecule has 0 fully saturated rings. The second-order valence-electron chi connectivity index (χ2n) is 6.40. The van der Waals surface area contributed by atoms with Gasteiger partial charge in [0.2, 0.25) is 6.41 Å². The number of nitrogens with two attached hydrogens (primary N) is 1. The maximum Gasteiger partial charge on any atom is 0.258 e. The Kier molecular flexibility index (Phi) is 4.67. The zero-order valence-electron chi connectivity index (χ0n) is 14.3. The summed E-state index contributed by atoms with van der Waals surface area (Å²) in [4.78, 5) is 23.8. The van der Waals surface area contributed by atoms with Crippen molar-refractivity contribution in [2.75, 3.05) is 5.01 Å². The highest BCUT2D eigenvalue weighted by atomic mass is 16.1. The lowest BCUT2D eigenvalue weighted by molar-refractivity contribution is -0.107. The van der Waals surface area contributed by atoms with Crippen LogP contribution in [0.3, 0.4) is 0 Å². The molecule has 3 rings (SSSR count). The van der Waals surface area contributed by atoms with Gasteiger partial charge in [-0.1, -0.05) is 44.2 Å². The molecule has 0 atom stereocenters. The fourth-order valence-electron chi connectivity index (χ4n) is 2.86. The Morgan fingerprint density at radius 1 is 1.16 bits per heavy atom. The Hall–Kier alpha value is -2.92. The number of rotatable bonds is 5. The molecule has 1 radical (unpaired) electrons. The Morgan fingerprint density at radius 3 is 2.52 bits per heavy atom. The number of hydrogen-bond acceptors (Lipinski definition) is 3. The van der Waals surface area contributed by atoms with E-state index < -0.39 is 0 Å². The molecule has 0 saturated carbocycles. The van der Waals surface area contributed by atoms with Crippen molar-refractivity contribution in [1.82, 2.24) is 4.57 Å². The van der Waals surface area contributed by atoms with Crippen LogP contribution >= 0.6 is 0 Å². The summed E-state index contributed by atoms with van der Waals surface area (Å²) in [7, 11) is 0.